The van der Waals surface area contributed by atoms with E-state index in [1.807, 2.05) is 0 Å². The van der Waals surface area contributed by atoms with Gasteiger partial charge in [0.1, 0.15) is 12.2 Å². The summed E-state index contributed by atoms with van der Waals surface area (Å²) in [6.07, 6.45) is -5.67. The van der Waals surface area contributed by atoms with Gasteiger partial charge < -0.3 is 15.3 Å². The summed E-state index contributed by atoms with van der Waals surface area (Å²) in [4.78, 5) is 0. The van der Waals surface area contributed by atoms with Crippen LogP contribution in [0.5, 0.6) is 0 Å². The molecule has 2 atom stereocenters. The maximum absolute atomic E-state index is 12.5. The molecule has 84 valence electrons. The largest absolute Gasteiger partial charge is 0.394 e. The number of aliphatic hydroxyl groups is 3. The van der Waals surface area contributed by atoms with Crippen molar-refractivity contribution >= 4 is 0 Å². The topological polar surface area (TPSA) is 60.7 Å². The lowest BCUT2D eigenvalue weighted by Crippen LogP contribution is -2.23. The van der Waals surface area contributed by atoms with Crippen molar-refractivity contribution in [2.24, 2.45) is 0 Å². The maximum atomic E-state index is 12.5. The third kappa shape index (κ3) is 2.71. The third-order valence-corrected chi connectivity index (χ3v) is 2.10. The van der Waals surface area contributed by atoms with E-state index >= 15 is 0 Å². The molecule has 1 aromatic carbocycles. The summed E-state index contributed by atoms with van der Waals surface area (Å²) in [5, 5.41) is 27.2. The number of hydrogen-bond acceptors (Lipinski definition) is 3. The molecule has 1 rings (SSSR count). The number of halogens is 2. The molecule has 3 N–H and O–H groups in total. The van der Waals surface area contributed by atoms with Crippen LogP contribution in [0, 0.1) is 0 Å². The molecule has 0 saturated carbocycles. The van der Waals surface area contributed by atoms with Gasteiger partial charge in [0.15, 0.2) is 0 Å². The lowest BCUT2D eigenvalue weighted by molar-refractivity contribution is -0.0170. The van der Waals surface area contributed by atoms with Gasteiger partial charge in [-0.2, -0.15) is 0 Å². The summed E-state index contributed by atoms with van der Waals surface area (Å²) in [6.45, 7) is -0.682. The van der Waals surface area contributed by atoms with Gasteiger partial charge >= 0.3 is 0 Å². The molecule has 0 heterocycles. The number of benzene rings is 1. The first-order valence-corrected chi connectivity index (χ1v) is 4.42. The molecule has 1 aromatic rings. The van der Waals surface area contributed by atoms with Crippen LogP contribution in [-0.2, 0) is 0 Å². The minimum absolute atomic E-state index is 0.0611. The molecule has 0 radical (unpaired) electrons. The lowest BCUT2D eigenvalue weighted by atomic mass is 9.99. The Morgan fingerprint density at radius 3 is 2.07 bits per heavy atom. The van der Waals surface area contributed by atoms with Gasteiger partial charge in [-0.3, -0.25) is 0 Å². The van der Waals surface area contributed by atoms with Crippen molar-refractivity contribution in [3.63, 3.8) is 0 Å². The standard InChI is InChI=1S/C10H12F2O3/c11-10(12)7-4-2-1-3-6(7)9(15)8(14)5-13/h1-4,8-10,13-15H,5H2. The molecule has 0 aliphatic heterocycles. The Morgan fingerprint density at radius 1 is 1.07 bits per heavy atom. The highest BCUT2D eigenvalue weighted by Gasteiger charge is 2.23. The van der Waals surface area contributed by atoms with Crippen molar-refractivity contribution in [3.05, 3.63) is 35.4 Å². The predicted octanol–water partition coefficient (Wildman–Crippen LogP) is 1.01. The van der Waals surface area contributed by atoms with Crippen LogP contribution in [0.25, 0.3) is 0 Å². The summed E-state index contributed by atoms with van der Waals surface area (Å²) < 4.78 is 25.0. The Morgan fingerprint density at radius 2 is 1.60 bits per heavy atom. The highest BCUT2D eigenvalue weighted by Crippen LogP contribution is 2.28. The fourth-order valence-corrected chi connectivity index (χ4v) is 1.29. The average molecular weight is 218 g/mol. The van der Waals surface area contributed by atoms with Crippen LogP contribution >= 0.6 is 0 Å². The van der Waals surface area contributed by atoms with E-state index in [9.17, 15) is 13.9 Å². The fraction of sp³-hybridized carbons (Fsp3) is 0.400. The molecule has 5 heteroatoms. The second-order valence-corrected chi connectivity index (χ2v) is 3.12. The van der Waals surface area contributed by atoms with E-state index < -0.39 is 25.2 Å². The van der Waals surface area contributed by atoms with E-state index in [0.29, 0.717) is 0 Å². The molecule has 3 nitrogen and oxygen atoms in total. The van der Waals surface area contributed by atoms with Crippen molar-refractivity contribution in [2.45, 2.75) is 18.6 Å². The van der Waals surface area contributed by atoms with Crippen LogP contribution in [0.3, 0.4) is 0 Å². The van der Waals surface area contributed by atoms with Crippen LogP contribution in [0.1, 0.15) is 23.7 Å². The summed E-state index contributed by atoms with van der Waals surface area (Å²) in [5.41, 5.74) is -0.397. The number of aliphatic hydroxyl groups excluding tert-OH is 3. The van der Waals surface area contributed by atoms with Gasteiger partial charge in [-0.25, -0.2) is 8.78 Å². The molecule has 2 unspecified atom stereocenters. The second-order valence-electron chi connectivity index (χ2n) is 3.12. The predicted molar refractivity (Wildman–Crippen MR) is 49.5 cm³/mol. The van der Waals surface area contributed by atoms with Crippen LogP contribution in [0.15, 0.2) is 24.3 Å². The average Bonchev–Trinajstić information content (AvgIpc) is 2.27. The molecular weight excluding hydrogens is 206 g/mol. The van der Waals surface area contributed by atoms with Gasteiger partial charge in [0.05, 0.1) is 6.61 Å². The number of hydrogen-bond donors (Lipinski definition) is 3. The smallest absolute Gasteiger partial charge is 0.264 e. The highest BCUT2D eigenvalue weighted by molar-refractivity contribution is 5.30. The van der Waals surface area contributed by atoms with E-state index in [-0.39, 0.29) is 11.1 Å². The first kappa shape index (κ1) is 12.0. The Hall–Kier alpha value is -1.04. The van der Waals surface area contributed by atoms with Gasteiger partial charge in [-0.1, -0.05) is 24.3 Å². The molecule has 0 bridgehead atoms. The summed E-state index contributed by atoms with van der Waals surface area (Å²) >= 11 is 0. The lowest BCUT2D eigenvalue weighted by Gasteiger charge is -2.18. The van der Waals surface area contributed by atoms with Gasteiger partial charge in [-0.15, -0.1) is 0 Å². The maximum Gasteiger partial charge on any atom is 0.264 e. The van der Waals surface area contributed by atoms with Crippen molar-refractivity contribution in [3.8, 4) is 0 Å². The zero-order valence-corrected chi connectivity index (χ0v) is 7.85. The Bertz CT molecular complexity index is 317. The highest BCUT2D eigenvalue weighted by atomic mass is 19.3. The van der Waals surface area contributed by atoms with E-state index in [2.05, 4.69) is 0 Å². The van der Waals surface area contributed by atoms with Crippen LogP contribution in [-0.4, -0.2) is 28.0 Å². The molecule has 0 aromatic heterocycles. The molecule has 0 fully saturated rings. The summed E-state index contributed by atoms with van der Waals surface area (Å²) in [5.74, 6) is 0. The second kappa shape index (κ2) is 5.16. The van der Waals surface area contributed by atoms with Crippen molar-refractivity contribution in [2.75, 3.05) is 6.61 Å². The number of alkyl halides is 2. The monoisotopic (exact) mass is 218 g/mol. The Balaban J connectivity index is 3.02. The quantitative estimate of drug-likeness (QED) is 0.706. The van der Waals surface area contributed by atoms with Gasteiger partial charge in [0.25, 0.3) is 6.43 Å². The minimum atomic E-state index is -2.72. The molecule has 0 amide bonds. The summed E-state index contributed by atoms with van der Waals surface area (Å²) in [6, 6.07) is 5.37. The van der Waals surface area contributed by atoms with E-state index in [1.165, 1.54) is 24.3 Å². The fourth-order valence-electron chi connectivity index (χ4n) is 1.29. The summed E-state index contributed by atoms with van der Waals surface area (Å²) in [7, 11) is 0. The van der Waals surface area contributed by atoms with Gasteiger partial charge in [0.2, 0.25) is 0 Å². The number of rotatable bonds is 4. The zero-order valence-electron chi connectivity index (χ0n) is 7.85. The zero-order chi connectivity index (χ0) is 11.4. The SMILES string of the molecule is OCC(O)C(O)c1ccccc1C(F)F. The minimum Gasteiger partial charge on any atom is -0.394 e. The van der Waals surface area contributed by atoms with E-state index in [0.717, 1.165) is 0 Å². The van der Waals surface area contributed by atoms with E-state index in [4.69, 9.17) is 10.2 Å². The van der Waals surface area contributed by atoms with Crippen molar-refractivity contribution in [1.29, 1.82) is 0 Å². The Kier molecular flexibility index (Phi) is 4.14. The van der Waals surface area contributed by atoms with Crippen LogP contribution in [0.4, 0.5) is 8.78 Å². The first-order valence-electron chi connectivity index (χ1n) is 4.42. The molecule has 0 aliphatic rings. The Labute approximate surface area is 85.6 Å². The molecule has 15 heavy (non-hydrogen) atoms. The van der Waals surface area contributed by atoms with Gasteiger partial charge in [0, 0.05) is 5.56 Å². The van der Waals surface area contributed by atoms with E-state index in [1.54, 1.807) is 0 Å². The van der Waals surface area contributed by atoms with Gasteiger partial charge in [-0.05, 0) is 5.56 Å². The van der Waals surface area contributed by atoms with Crippen LogP contribution in [0.2, 0.25) is 0 Å². The molecule has 0 aliphatic carbocycles. The van der Waals surface area contributed by atoms with Crippen LogP contribution < -0.4 is 0 Å². The molecule has 0 saturated heterocycles. The van der Waals surface area contributed by atoms with Crippen molar-refractivity contribution in [1.82, 2.24) is 0 Å². The van der Waals surface area contributed by atoms with Crippen molar-refractivity contribution < 1.29 is 24.1 Å². The molecule has 0 spiro atoms. The first-order chi connectivity index (χ1) is 7.07. The molecular formula is C10H12F2O3. The normalized spacial score (nSPS) is 15.3. The third-order valence-electron chi connectivity index (χ3n) is 2.10.